The molecule has 3 heteroatoms. The van der Waals surface area contributed by atoms with E-state index in [0.717, 1.165) is 17.0 Å². The molecule has 16 heavy (non-hydrogen) atoms. The van der Waals surface area contributed by atoms with Crippen molar-refractivity contribution in [3.8, 4) is 5.75 Å². The van der Waals surface area contributed by atoms with Gasteiger partial charge in [0.25, 0.3) is 5.91 Å². The fourth-order valence-electron chi connectivity index (χ4n) is 1.41. The fraction of sp³-hybridized carbons (Fsp3) is 0.462. The third kappa shape index (κ3) is 2.35. The van der Waals surface area contributed by atoms with Crippen LogP contribution in [0.5, 0.6) is 5.75 Å². The van der Waals surface area contributed by atoms with Crippen molar-refractivity contribution in [3.05, 3.63) is 23.8 Å². The van der Waals surface area contributed by atoms with Crippen molar-refractivity contribution in [2.75, 3.05) is 5.32 Å². The highest BCUT2D eigenvalue weighted by Crippen LogP contribution is 2.33. The molecular weight excluding hydrogens is 202 g/mol. The molecule has 0 fully saturated rings. The van der Waals surface area contributed by atoms with E-state index in [2.05, 4.69) is 5.32 Å². The number of nitrogens with one attached hydrogen (secondary N) is 1. The molecule has 1 aromatic rings. The molecule has 1 aromatic carbocycles. The van der Waals surface area contributed by atoms with E-state index in [9.17, 15) is 4.79 Å². The van der Waals surface area contributed by atoms with Crippen LogP contribution in [-0.2, 0) is 4.79 Å². The minimum atomic E-state index is -0.777. The number of hydrogen-bond acceptors (Lipinski definition) is 2. The minimum Gasteiger partial charge on any atom is -0.476 e. The van der Waals surface area contributed by atoms with Crippen molar-refractivity contribution in [1.82, 2.24) is 0 Å². The molecule has 0 aromatic heterocycles. The van der Waals surface area contributed by atoms with E-state index >= 15 is 0 Å². The molecule has 0 unspecified atom stereocenters. The molecule has 0 saturated heterocycles. The molecule has 0 spiro atoms. The van der Waals surface area contributed by atoms with Gasteiger partial charge >= 0.3 is 0 Å². The van der Waals surface area contributed by atoms with E-state index in [-0.39, 0.29) is 5.91 Å². The molecule has 0 saturated carbocycles. The van der Waals surface area contributed by atoms with Crippen molar-refractivity contribution >= 4 is 11.6 Å². The molecule has 2 rings (SSSR count). The molecule has 1 aliphatic heterocycles. The Hall–Kier alpha value is -1.51. The number of hydrogen-bond donors (Lipinski definition) is 1. The van der Waals surface area contributed by atoms with E-state index < -0.39 is 5.60 Å². The Morgan fingerprint density at radius 3 is 2.50 bits per heavy atom. The van der Waals surface area contributed by atoms with E-state index in [0.29, 0.717) is 0 Å². The van der Waals surface area contributed by atoms with Crippen LogP contribution in [0.25, 0.3) is 0 Å². The van der Waals surface area contributed by atoms with Crippen molar-refractivity contribution in [2.45, 2.75) is 40.2 Å². The first kappa shape index (κ1) is 12.6. The van der Waals surface area contributed by atoms with Crippen LogP contribution in [0.1, 0.15) is 33.3 Å². The zero-order valence-corrected chi connectivity index (χ0v) is 10.5. The molecule has 88 valence electrons. The Morgan fingerprint density at radius 1 is 1.25 bits per heavy atom. The molecule has 0 bridgehead atoms. The molecule has 1 N–H and O–H groups in total. The Balaban J connectivity index is 0.000000606. The van der Waals surface area contributed by atoms with Crippen LogP contribution < -0.4 is 10.1 Å². The second-order valence-electron chi connectivity index (χ2n) is 4.07. The molecule has 3 nitrogen and oxygen atoms in total. The normalized spacial score (nSPS) is 16.2. The summed E-state index contributed by atoms with van der Waals surface area (Å²) in [5.41, 5.74) is 1.09. The van der Waals surface area contributed by atoms with Gasteiger partial charge in [0.15, 0.2) is 5.60 Å². The Morgan fingerprint density at radius 2 is 1.88 bits per heavy atom. The predicted molar refractivity (Wildman–Crippen MR) is 65.9 cm³/mol. The summed E-state index contributed by atoms with van der Waals surface area (Å²) in [5, 5.41) is 2.81. The number of fused-ring (bicyclic) bond motifs is 1. The largest absolute Gasteiger partial charge is 0.476 e. The number of anilines is 1. The monoisotopic (exact) mass is 221 g/mol. The molecule has 1 amide bonds. The summed E-state index contributed by atoms with van der Waals surface area (Å²) in [7, 11) is 0. The maximum absolute atomic E-state index is 11.5. The lowest BCUT2D eigenvalue weighted by Gasteiger charge is -2.31. The summed E-state index contributed by atoms with van der Waals surface area (Å²) in [5.74, 6) is 0.642. The van der Waals surface area contributed by atoms with Crippen molar-refractivity contribution in [2.24, 2.45) is 0 Å². The van der Waals surface area contributed by atoms with Crippen LogP contribution in [0.3, 0.4) is 0 Å². The van der Waals surface area contributed by atoms with Gasteiger partial charge in [0, 0.05) is 0 Å². The average molecular weight is 221 g/mol. The average Bonchev–Trinajstić information content (AvgIpc) is 2.23. The number of carbonyl (C=O) groups is 1. The number of ether oxygens (including phenoxy) is 1. The van der Waals surface area contributed by atoms with Crippen LogP contribution in [0.15, 0.2) is 18.2 Å². The first-order chi connectivity index (χ1) is 7.49. The van der Waals surface area contributed by atoms with Gasteiger partial charge in [0.05, 0.1) is 5.69 Å². The van der Waals surface area contributed by atoms with Gasteiger partial charge in [-0.3, -0.25) is 4.79 Å². The summed E-state index contributed by atoms with van der Waals surface area (Å²) in [6, 6.07) is 5.73. The second-order valence-corrected chi connectivity index (χ2v) is 4.07. The number of aryl methyl sites for hydroxylation is 1. The molecule has 0 radical (unpaired) electrons. The van der Waals surface area contributed by atoms with Crippen LogP contribution in [-0.4, -0.2) is 11.5 Å². The summed E-state index contributed by atoms with van der Waals surface area (Å²) >= 11 is 0. The van der Waals surface area contributed by atoms with Gasteiger partial charge in [0.2, 0.25) is 0 Å². The summed E-state index contributed by atoms with van der Waals surface area (Å²) in [6.45, 7) is 9.51. The first-order valence-electron chi connectivity index (χ1n) is 5.60. The van der Waals surface area contributed by atoms with Gasteiger partial charge < -0.3 is 10.1 Å². The van der Waals surface area contributed by atoms with Crippen LogP contribution in [0.2, 0.25) is 0 Å². The fourth-order valence-corrected chi connectivity index (χ4v) is 1.41. The SMILES string of the molecule is CC.Cc1ccc2c(c1)OC(C)(C)C(=O)N2. The van der Waals surface area contributed by atoms with Gasteiger partial charge in [-0.25, -0.2) is 0 Å². The van der Waals surface area contributed by atoms with E-state index in [1.807, 2.05) is 39.0 Å². The lowest BCUT2D eigenvalue weighted by Crippen LogP contribution is -2.45. The lowest BCUT2D eigenvalue weighted by atomic mass is 10.1. The number of amides is 1. The lowest BCUT2D eigenvalue weighted by molar-refractivity contribution is -0.129. The Bertz CT molecular complexity index is 397. The number of rotatable bonds is 0. The van der Waals surface area contributed by atoms with Crippen LogP contribution in [0, 0.1) is 6.92 Å². The predicted octanol–water partition coefficient (Wildman–Crippen LogP) is 3.13. The minimum absolute atomic E-state index is 0.103. The highest BCUT2D eigenvalue weighted by molar-refractivity contribution is 6.00. The van der Waals surface area contributed by atoms with Crippen molar-refractivity contribution in [1.29, 1.82) is 0 Å². The molecule has 1 aliphatic rings. The molecule has 0 aliphatic carbocycles. The van der Waals surface area contributed by atoms with Gasteiger partial charge in [-0.05, 0) is 38.5 Å². The highest BCUT2D eigenvalue weighted by atomic mass is 16.5. The Labute approximate surface area is 96.8 Å². The zero-order chi connectivity index (χ0) is 12.3. The maximum Gasteiger partial charge on any atom is 0.268 e. The standard InChI is InChI=1S/C11H13NO2.C2H6/c1-7-4-5-8-9(6-7)14-11(2,3)10(13)12-8;1-2/h4-6H,1-3H3,(H,12,13);1-2H3. The smallest absolute Gasteiger partial charge is 0.268 e. The number of carbonyl (C=O) groups excluding carboxylic acids is 1. The zero-order valence-electron chi connectivity index (χ0n) is 10.5. The number of benzene rings is 1. The van der Waals surface area contributed by atoms with Gasteiger partial charge in [-0.2, -0.15) is 0 Å². The third-order valence-corrected chi connectivity index (χ3v) is 2.30. The Kier molecular flexibility index (Phi) is 3.58. The van der Waals surface area contributed by atoms with Gasteiger partial charge in [-0.15, -0.1) is 0 Å². The highest BCUT2D eigenvalue weighted by Gasteiger charge is 2.35. The van der Waals surface area contributed by atoms with E-state index in [1.165, 1.54) is 0 Å². The molecule has 1 heterocycles. The van der Waals surface area contributed by atoms with Crippen LogP contribution in [0.4, 0.5) is 5.69 Å². The van der Waals surface area contributed by atoms with Crippen LogP contribution >= 0.6 is 0 Å². The second kappa shape index (κ2) is 4.56. The molecular formula is C13H19NO2. The topological polar surface area (TPSA) is 38.3 Å². The maximum atomic E-state index is 11.5. The summed E-state index contributed by atoms with van der Waals surface area (Å²) < 4.78 is 5.60. The van der Waals surface area contributed by atoms with E-state index in [4.69, 9.17) is 4.74 Å². The van der Waals surface area contributed by atoms with Crippen molar-refractivity contribution in [3.63, 3.8) is 0 Å². The summed E-state index contributed by atoms with van der Waals surface area (Å²) in [6.07, 6.45) is 0. The van der Waals surface area contributed by atoms with E-state index in [1.54, 1.807) is 13.8 Å². The molecule has 0 atom stereocenters. The quantitative estimate of drug-likeness (QED) is 0.731. The third-order valence-electron chi connectivity index (χ3n) is 2.30. The van der Waals surface area contributed by atoms with Gasteiger partial charge in [-0.1, -0.05) is 19.9 Å². The first-order valence-corrected chi connectivity index (χ1v) is 5.60. The van der Waals surface area contributed by atoms with Crippen molar-refractivity contribution < 1.29 is 9.53 Å². The summed E-state index contributed by atoms with van der Waals surface area (Å²) in [4.78, 5) is 11.5. The van der Waals surface area contributed by atoms with Gasteiger partial charge in [0.1, 0.15) is 5.75 Å².